The number of rotatable bonds is 2. The van der Waals surface area contributed by atoms with E-state index in [0.29, 0.717) is 5.75 Å². The molecule has 1 aliphatic rings. The molecule has 0 saturated carbocycles. The Morgan fingerprint density at radius 3 is 2.78 bits per heavy atom. The third-order valence-electron chi connectivity index (χ3n) is 2.50. The van der Waals surface area contributed by atoms with Gasteiger partial charge in [0, 0.05) is 35.2 Å². The second-order valence-corrected chi connectivity index (χ2v) is 6.18. The summed E-state index contributed by atoms with van der Waals surface area (Å²) in [6, 6.07) is 0.855. The van der Waals surface area contributed by atoms with Crippen molar-refractivity contribution in [1.29, 1.82) is 0 Å². The molecule has 1 saturated heterocycles. The molecule has 0 radical (unpaired) electrons. The number of Topliss-reactive ketones (excluding diaryl/α,β-unsaturated/α-hetero) is 1. The van der Waals surface area contributed by atoms with Gasteiger partial charge in [-0.3, -0.25) is 9.78 Å². The molecule has 0 aromatic carbocycles. The number of alkyl halides is 3. The van der Waals surface area contributed by atoms with Crippen LogP contribution in [0.2, 0.25) is 0 Å². The molecule has 0 spiro atoms. The molecule has 7 heteroatoms. The minimum Gasteiger partial charge on any atom is -0.293 e. The van der Waals surface area contributed by atoms with E-state index in [1.54, 1.807) is 11.8 Å². The van der Waals surface area contributed by atoms with Crippen LogP contribution in [0.25, 0.3) is 0 Å². The quantitative estimate of drug-likeness (QED) is 0.784. The minimum atomic E-state index is -4.51. The maximum atomic E-state index is 12.8. The van der Waals surface area contributed by atoms with Gasteiger partial charge in [-0.1, -0.05) is 0 Å². The zero-order chi connectivity index (χ0) is 13.2. The fourth-order valence-corrected chi connectivity index (χ4v) is 4.28. The summed E-state index contributed by atoms with van der Waals surface area (Å²) in [5, 5.41) is -0.394. The predicted molar refractivity (Wildman–Crippen MR) is 67.1 cm³/mol. The van der Waals surface area contributed by atoms with Crippen LogP contribution in [-0.2, 0) is 6.18 Å². The van der Waals surface area contributed by atoms with Crippen molar-refractivity contribution in [2.75, 3.05) is 17.3 Å². The Bertz CT molecular complexity index is 444. The van der Waals surface area contributed by atoms with Crippen LogP contribution in [0.1, 0.15) is 15.9 Å². The standard InChI is InChI=1S/C11H10F3NOS2/c12-11(13,14)8-1-2-15-5-7(8)10(16)9-6-17-3-4-18-9/h1-2,5,9H,3-4,6H2. The van der Waals surface area contributed by atoms with Crippen LogP contribution in [0.5, 0.6) is 0 Å². The van der Waals surface area contributed by atoms with Crippen molar-refractivity contribution in [3.63, 3.8) is 0 Å². The first-order chi connectivity index (χ1) is 8.50. The Morgan fingerprint density at radius 2 is 2.17 bits per heavy atom. The Hall–Kier alpha value is -0.690. The SMILES string of the molecule is O=C(c1cnccc1C(F)(F)F)C1CSCCS1. The van der Waals surface area contributed by atoms with Gasteiger partial charge in [0.15, 0.2) is 5.78 Å². The molecule has 1 unspecified atom stereocenters. The lowest BCUT2D eigenvalue weighted by molar-refractivity contribution is -0.138. The van der Waals surface area contributed by atoms with Gasteiger partial charge in [0.2, 0.25) is 0 Å². The van der Waals surface area contributed by atoms with Crippen molar-refractivity contribution in [2.45, 2.75) is 11.4 Å². The number of ketones is 1. The molecule has 18 heavy (non-hydrogen) atoms. The molecule has 2 rings (SSSR count). The number of carbonyl (C=O) groups excluding carboxylic acids is 1. The van der Waals surface area contributed by atoms with E-state index in [0.717, 1.165) is 30.0 Å². The predicted octanol–water partition coefficient (Wildman–Crippen LogP) is 3.13. The highest BCUT2D eigenvalue weighted by molar-refractivity contribution is 8.07. The fourth-order valence-electron chi connectivity index (χ4n) is 1.65. The summed E-state index contributed by atoms with van der Waals surface area (Å²) < 4.78 is 38.4. The Balaban J connectivity index is 2.30. The van der Waals surface area contributed by atoms with Gasteiger partial charge < -0.3 is 0 Å². The molecule has 1 atom stereocenters. The number of aromatic nitrogens is 1. The van der Waals surface area contributed by atoms with Gasteiger partial charge in [-0.2, -0.15) is 24.9 Å². The Labute approximate surface area is 111 Å². The van der Waals surface area contributed by atoms with Gasteiger partial charge in [0.25, 0.3) is 0 Å². The Kier molecular flexibility index (Phi) is 4.21. The summed E-state index contributed by atoms with van der Waals surface area (Å²) in [4.78, 5) is 15.7. The van der Waals surface area contributed by atoms with E-state index in [1.807, 2.05) is 0 Å². The largest absolute Gasteiger partial charge is 0.417 e. The third kappa shape index (κ3) is 3.00. The van der Waals surface area contributed by atoms with Crippen molar-refractivity contribution in [1.82, 2.24) is 4.98 Å². The number of nitrogens with zero attached hydrogens (tertiary/aromatic N) is 1. The van der Waals surface area contributed by atoms with Gasteiger partial charge >= 0.3 is 6.18 Å². The van der Waals surface area contributed by atoms with E-state index in [1.165, 1.54) is 11.8 Å². The maximum absolute atomic E-state index is 12.8. The van der Waals surface area contributed by atoms with E-state index in [4.69, 9.17) is 0 Å². The highest BCUT2D eigenvalue weighted by Gasteiger charge is 2.37. The van der Waals surface area contributed by atoms with Crippen LogP contribution < -0.4 is 0 Å². The monoisotopic (exact) mass is 293 g/mol. The van der Waals surface area contributed by atoms with Crippen LogP contribution >= 0.6 is 23.5 Å². The molecular formula is C11H10F3NOS2. The van der Waals surface area contributed by atoms with Crippen molar-refractivity contribution >= 4 is 29.3 Å². The Morgan fingerprint density at radius 1 is 1.39 bits per heavy atom. The number of carbonyl (C=O) groups is 1. The van der Waals surface area contributed by atoms with Crippen LogP contribution in [0, 0.1) is 0 Å². The smallest absolute Gasteiger partial charge is 0.293 e. The molecule has 1 aliphatic heterocycles. The summed E-state index contributed by atoms with van der Waals surface area (Å²) in [5.74, 6) is 1.83. The van der Waals surface area contributed by atoms with E-state index in [-0.39, 0.29) is 5.56 Å². The summed E-state index contributed by atoms with van der Waals surface area (Å²) in [5.41, 5.74) is -1.20. The van der Waals surface area contributed by atoms with Crippen molar-refractivity contribution in [3.8, 4) is 0 Å². The number of halogens is 3. The number of thioether (sulfide) groups is 2. The summed E-state index contributed by atoms with van der Waals surface area (Å²) in [7, 11) is 0. The van der Waals surface area contributed by atoms with Crippen molar-refractivity contribution < 1.29 is 18.0 Å². The second kappa shape index (κ2) is 5.52. The van der Waals surface area contributed by atoms with Crippen LogP contribution in [0.3, 0.4) is 0 Å². The lowest BCUT2D eigenvalue weighted by Crippen LogP contribution is -2.26. The molecule has 1 fully saturated rings. The molecule has 1 aromatic heterocycles. The topological polar surface area (TPSA) is 30.0 Å². The van der Waals surface area contributed by atoms with E-state index in [9.17, 15) is 18.0 Å². The van der Waals surface area contributed by atoms with Gasteiger partial charge in [-0.25, -0.2) is 0 Å². The van der Waals surface area contributed by atoms with Gasteiger partial charge in [0.05, 0.1) is 10.8 Å². The molecule has 2 heterocycles. The average Bonchev–Trinajstić information content (AvgIpc) is 2.38. The van der Waals surface area contributed by atoms with Gasteiger partial charge in [-0.05, 0) is 6.07 Å². The maximum Gasteiger partial charge on any atom is 0.417 e. The molecule has 2 nitrogen and oxygen atoms in total. The number of pyridine rings is 1. The molecule has 98 valence electrons. The molecule has 0 bridgehead atoms. The van der Waals surface area contributed by atoms with Crippen LogP contribution in [-0.4, -0.2) is 33.3 Å². The zero-order valence-electron chi connectivity index (χ0n) is 9.24. The number of hydrogen-bond acceptors (Lipinski definition) is 4. The molecule has 0 amide bonds. The lowest BCUT2D eigenvalue weighted by atomic mass is 10.0. The van der Waals surface area contributed by atoms with Gasteiger partial charge in [-0.15, -0.1) is 11.8 Å². The number of hydrogen-bond donors (Lipinski definition) is 0. The van der Waals surface area contributed by atoms with Crippen LogP contribution in [0.4, 0.5) is 13.2 Å². The van der Waals surface area contributed by atoms with E-state index in [2.05, 4.69) is 4.98 Å². The molecule has 0 N–H and O–H groups in total. The lowest BCUT2D eigenvalue weighted by Gasteiger charge is -2.21. The van der Waals surface area contributed by atoms with E-state index < -0.39 is 22.8 Å². The third-order valence-corrected chi connectivity index (χ3v) is 5.25. The van der Waals surface area contributed by atoms with Gasteiger partial charge in [0.1, 0.15) is 0 Å². The normalized spacial score (nSPS) is 20.7. The first-order valence-electron chi connectivity index (χ1n) is 5.25. The molecule has 0 aliphatic carbocycles. The average molecular weight is 293 g/mol. The first-order valence-corrected chi connectivity index (χ1v) is 7.45. The van der Waals surface area contributed by atoms with Crippen molar-refractivity contribution in [3.05, 3.63) is 29.6 Å². The highest BCUT2D eigenvalue weighted by Crippen LogP contribution is 2.34. The van der Waals surface area contributed by atoms with E-state index >= 15 is 0 Å². The second-order valence-electron chi connectivity index (χ2n) is 3.72. The highest BCUT2D eigenvalue weighted by atomic mass is 32.2. The molecule has 1 aromatic rings. The summed E-state index contributed by atoms with van der Waals surface area (Å²) >= 11 is 3.02. The van der Waals surface area contributed by atoms with Crippen molar-refractivity contribution in [2.24, 2.45) is 0 Å². The molecular weight excluding hydrogens is 283 g/mol. The summed E-state index contributed by atoms with van der Waals surface area (Å²) in [6.07, 6.45) is -2.44. The zero-order valence-corrected chi connectivity index (χ0v) is 10.9. The van der Waals surface area contributed by atoms with Crippen LogP contribution in [0.15, 0.2) is 18.5 Å². The first kappa shape index (κ1) is 13.7. The minimum absolute atomic E-state index is 0.315. The summed E-state index contributed by atoms with van der Waals surface area (Å²) in [6.45, 7) is 0. The fraction of sp³-hybridized carbons (Fsp3) is 0.455.